The highest BCUT2D eigenvalue weighted by molar-refractivity contribution is 7.98. The molecule has 1 heterocycles. The summed E-state index contributed by atoms with van der Waals surface area (Å²) in [6.07, 6.45) is 4.37. The fourth-order valence-electron chi connectivity index (χ4n) is 3.26. The molecule has 0 amide bonds. The van der Waals surface area contributed by atoms with Crippen LogP contribution in [0.25, 0.3) is 11.4 Å². The van der Waals surface area contributed by atoms with Gasteiger partial charge in [0.2, 0.25) is 0 Å². The maximum Gasteiger partial charge on any atom is 0.269 e. The molecule has 5 nitrogen and oxygen atoms in total. The monoisotopic (exact) mass is 377 g/mol. The van der Waals surface area contributed by atoms with E-state index < -0.39 is 0 Å². The third-order valence-corrected chi connectivity index (χ3v) is 5.79. The first-order valence-corrected chi connectivity index (χ1v) is 10.0. The van der Waals surface area contributed by atoms with E-state index in [-0.39, 0.29) is 10.6 Å². The lowest BCUT2D eigenvalue weighted by Gasteiger charge is -2.19. The van der Waals surface area contributed by atoms with Crippen LogP contribution in [-0.2, 0) is 18.6 Å². The largest absolute Gasteiger partial charge is 0.269 e. The summed E-state index contributed by atoms with van der Waals surface area (Å²) in [4.78, 5) is 20.1. The number of fused-ring (bicyclic) bond motifs is 1. The summed E-state index contributed by atoms with van der Waals surface area (Å²) in [5.74, 6) is 1.51. The highest BCUT2D eigenvalue weighted by atomic mass is 32.2. The third kappa shape index (κ3) is 4.01. The average Bonchev–Trinajstić information content (AvgIpc) is 2.72. The Labute approximate surface area is 162 Å². The topological polar surface area (TPSA) is 68.9 Å². The quantitative estimate of drug-likeness (QED) is 0.264. The van der Waals surface area contributed by atoms with Gasteiger partial charge in [0, 0.05) is 34.7 Å². The molecule has 0 atom stereocenters. The van der Waals surface area contributed by atoms with Gasteiger partial charge in [0.1, 0.15) is 5.03 Å². The number of rotatable bonds is 5. The van der Waals surface area contributed by atoms with Crippen LogP contribution in [0.5, 0.6) is 0 Å². The number of aryl methyl sites for hydroxylation is 1. The molecule has 0 radical (unpaired) electrons. The number of benzene rings is 2. The van der Waals surface area contributed by atoms with Gasteiger partial charge in [-0.25, -0.2) is 9.97 Å². The Kier molecular flexibility index (Phi) is 5.16. The lowest BCUT2D eigenvalue weighted by Crippen LogP contribution is -2.10. The van der Waals surface area contributed by atoms with Gasteiger partial charge < -0.3 is 0 Å². The molecule has 0 bridgehead atoms. The minimum Gasteiger partial charge on any atom is -0.258 e. The standard InChI is InChI=1S/C21H19N3O2S/c25-24(26)17-12-10-15(11-13-17)14-27-21-18-8-4-5-9-19(18)22-20(23-21)16-6-2-1-3-7-16/h1-3,6-7,10-13H,4-5,8-9,14H2. The fourth-order valence-corrected chi connectivity index (χ4v) is 4.30. The molecule has 6 heteroatoms. The number of nitro groups is 1. The van der Waals surface area contributed by atoms with Crippen LogP contribution in [0.2, 0.25) is 0 Å². The molecular formula is C21H19N3O2S. The summed E-state index contributed by atoms with van der Waals surface area (Å²) in [5, 5.41) is 11.8. The van der Waals surface area contributed by atoms with Crippen molar-refractivity contribution in [3.8, 4) is 11.4 Å². The first-order chi connectivity index (χ1) is 13.2. The summed E-state index contributed by atoms with van der Waals surface area (Å²) >= 11 is 1.69. The molecule has 3 aromatic rings. The zero-order chi connectivity index (χ0) is 18.6. The summed E-state index contributed by atoms with van der Waals surface area (Å²) in [5.41, 5.74) is 4.64. The van der Waals surface area contributed by atoms with Gasteiger partial charge in [0.25, 0.3) is 5.69 Å². The van der Waals surface area contributed by atoms with Gasteiger partial charge in [-0.05, 0) is 31.2 Å². The van der Waals surface area contributed by atoms with Crippen LogP contribution >= 0.6 is 11.8 Å². The molecular weight excluding hydrogens is 358 g/mol. The Morgan fingerprint density at radius 1 is 0.963 bits per heavy atom. The number of aromatic nitrogens is 2. The molecule has 0 saturated heterocycles. The van der Waals surface area contributed by atoms with Gasteiger partial charge in [-0.15, -0.1) is 11.8 Å². The number of nitro benzene ring substituents is 1. The molecule has 27 heavy (non-hydrogen) atoms. The van der Waals surface area contributed by atoms with Crippen molar-refractivity contribution in [3.63, 3.8) is 0 Å². The van der Waals surface area contributed by atoms with Crippen molar-refractivity contribution in [2.45, 2.75) is 36.5 Å². The van der Waals surface area contributed by atoms with Crippen molar-refractivity contribution >= 4 is 17.4 Å². The highest BCUT2D eigenvalue weighted by Gasteiger charge is 2.19. The minimum atomic E-state index is -0.371. The Morgan fingerprint density at radius 3 is 2.44 bits per heavy atom. The normalized spacial score (nSPS) is 13.2. The zero-order valence-corrected chi connectivity index (χ0v) is 15.6. The molecule has 0 N–H and O–H groups in total. The van der Waals surface area contributed by atoms with Crippen LogP contribution in [0.4, 0.5) is 5.69 Å². The van der Waals surface area contributed by atoms with Crippen LogP contribution < -0.4 is 0 Å². The third-order valence-electron chi connectivity index (χ3n) is 4.70. The second-order valence-corrected chi connectivity index (χ2v) is 7.53. The van der Waals surface area contributed by atoms with Gasteiger partial charge >= 0.3 is 0 Å². The lowest BCUT2D eigenvalue weighted by atomic mass is 9.97. The number of thioether (sulfide) groups is 1. The van der Waals surface area contributed by atoms with Gasteiger partial charge in [-0.2, -0.15) is 0 Å². The molecule has 2 aromatic carbocycles. The Balaban J connectivity index is 1.61. The van der Waals surface area contributed by atoms with E-state index in [4.69, 9.17) is 9.97 Å². The SMILES string of the molecule is O=[N+]([O-])c1ccc(CSc2nc(-c3ccccc3)nc3c2CCCC3)cc1. The number of non-ortho nitro benzene ring substituents is 1. The molecule has 1 aliphatic carbocycles. The second-order valence-electron chi connectivity index (χ2n) is 6.56. The Bertz CT molecular complexity index is 959. The predicted molar refractivity (Wildman–Crippen MR) is 107 cm³/mol. The average molecular weight is 377 g/mol. The van der Waals surface area contributed by atoms with E-state index in [1.807, 2.05) is 42.5 Å². The molecule has 136 valence electrons. The van der Waals surface area contributed by atoms with Crippen molar-refractivity contribution < 1.29 is 4.92 Å². The van der Waals surface area contributed by atoms with E-state index in [0.717, 1.165) is 40.6 Å². The van der Waals surface area contributed by atoms with Crippen LogP contribution in [0, 0.1) is 10.1 Å². The summed E-state index contributed by atoms with van der Waals surface area (Å²) in [6.45, 7) is 0. The molecule has 0 unspecified atom stereocenters. The molecule has 0 saturated carbocycles. The van der Waals surface area contributed by atoms with Gasteiger partial charge in [0.05, 0.1) is 4.92 Å². The van der Waals surface area contributed by atoms with Crippen molar-refractivity contribution in [1.29, 1.82) is 0 Å². The van der Waals surface area contributed by atoms with E-state index in [2.05, 4.69) is 0 Å². The second kappa shape index (κ2) is 7.88. The molecule has 0 fully saturated rings. The maximum atomic E-state index is 10.8. The summed E-state index contributed by atoms with van der Waals surface area (Å²) in [6, 6.07) is 16.8. The van der Waals surface area contributed by atoms with Gasteiger partial charge in [-0.3, -0.25) is 10.1 Å². The van der Waals surface area contributed by atoms with Crippen LogP contribution in [-0.4, -0.2) is 14.9 Å². The highest BCUT2D eigenvalue weighted by Crippen LogP contribution is 2.33. The van der Waals surface area contributed by atoms with Crippen LogP contribution in [0.3, 0.4) is 0 Å². The number of nitrogens with zero attached hydrogens (tertiary/aromatic N) is 3. The van der Waals surface area contributed by atoms with Crippen LogP contribution in [0.15, 0.2) is 59.6 Å². The Morgan fingerprint density at radius 2 is 1.70 bits per heavy atom. The first-order valence-electron chi connectivity index (χ1n) is 9.02. The first kappa shape index (κ1) is 17.7. The molecule has 1 aromatic heterocycles. The number of hydrogen-bond acceptors (Lipinski definition) is 5. The summed E-state index contributed by atoms with van der Waals surface area (Å²) < 4.78 is 0. The van der Waals surface area contributed by atoms with E-state index in [0.29, 0.717) is 0 Å². The summed E-state index contributed by atoms with van der Waals surface area (Å²) in [7, 11) is 0. The zero-order valence-electron chi connectivity index (χ0n) is 14.8. The van der Waals surface area contributed by atoms with E-state index in [1.54, 1.807) is 23.9 Å². The Hall–Kier alpha value is -2.73. The van der Waals surface area contributed by atoms with Crippen molar-refractivity contribution in [2.75, 3.05) is 0 Å². The molecule has 0 aliphatic heterocycles. The van der Waals surface area contributed by atoms with Crippen molar-refractivity contribution in [2.24, 2.45) is 0 Å². The molecule has 1 aliphatic rings. The van der Waals surface area contributed by atoms with Gasteiger partial charge in [0.15, 0.2) is 5.82 Å². The maximum absolute atomic E-state index is 10.8. The molecule has 0 spiro atoms. The smallest absolute Gasteiger partial charge is 0.258 e. The number of hydrogen-bond donors (Lipinski definition) is 0. The fraction of sp³-hybridized carbons (Fsp3) is 0.238. The van der Waals surface area contributed by atoms with E-state index >= 15 is 0 Å². The lowest BCUT2D eigenvalue weighted by molar-refractivity contribution is -0.384. The van der Waals surface area contributed by atoms with Crippen molar-refractivity contribution in [1.82, 2.24) is 9.97 Å². The minimum absolute atomic E-state index is 0.120. The predicted octanol–water partition coefficient (Wildman–Crippen LogP) is 5.22. The van der Waals surface area contributed by atoms with Crippen LogP contribution in [0.1, 0.15) is 29.7 Å². The van der Waals surface area contributed by atoms with Crippen molar-refractivity contribution in [3.05, 3.63) is 81.5 Å². The molecule has 4 rings (SSSR count). The van der Waals surface area contributed by atoms with Gasteiger partial charge in [-0.1, -0.05) is 42.5 Å². The van der Waals surface area contributed by atoms with E-state index in [1.165, 1.54) is 24.1 Å². The van der Waals surface area contributed by atoms with E-state index in [9.17, 15) is 10.1 Å².